The second kappa shape index (κ2) is 8.69. The molecular weight excluding hydrogens is 489 g/mol. The van der Waals surface area contributed by atoms with E-state index in [1.54, 1.807) is 24.5 Å². The first kappa shape index (κ1) is 25.2. The van der Waals surface area contributed by atoms with E-state index in [0.29, 0.717) is 41.9 Å². The van der Waals surface area contributed by atoms with Gasteiger partial charge in [0.1, 0.15) is 12.4 Å². The topological polar surface area (TPSA) is 105 Å². The number of hydrogen-bond donors (Lipinski definition) is 2. The maximum atomic E-state index is 15.1. The average molecular weight is 522 g/mol. The molecule has 200 valence electrons. The van der Waals surface area contributed by atoms with E-state index in [9.17, 15) is 19.8 Å². The lowest BCUT2D eigenvalue weighted by molar-refractivity contribution is -0.172. The van der Waals surface area contributed by atoms with Crippen molar-refractivity contribution in [1.82, 2.24) is 14.5 Å². The Kier molecular flexibility index (Phi) is 5.75. The highest BCUT2D eigenvalue weighted by Crippen LogP contribution is 2.48. The van der Waals surface area contributed by atoms with Gasteiger partial charge < -0.3 is 24.4 Å². The van der Waals surface area contributed by atoms with Crippen LogP contribution < -0.4 is 5.56 Å². The van der Waals surface area contributed by atoms with Gasteiger partial charge in [0, 0.05) is 41.1 Å². The van der Waals surface area contributed by atoms with Crippen molar-refractivity contribution in [2.75, 3.05) is 20.7 Å². The molecule has 3 aromatic rings. The smallest absolute Gasteiger partial charge is 0.343 e. The molecule has 0 saturated heterocycles. The van der Waals surface area contributed by atoms with Crippen LogP contribution in [-0.4, -0.2) is 57.4 Å². The van der Waals surface area contributed by atoms with Crippen LogP contribution >= 0.6 is 0 Å². The minimum absolute atomic E-state index is 0.0399. The molecule has 0 bridgehead atoms. The molecule has 0 fully saturated rings. The molecular formula is C29H32FN3O5. The summed E-state index contributed by atoms with van der Waals surface area (Å²) in [6.07, 6.45) is 2.13. The van der Waals surface area contributed by atoms with Gasteiger partial charge in [0.05, 0.1) is 29.0 Å². The second-order valence-electron chi connectivity index (χ2n) is 11.0. The van der Waals surface area contributed by atoms with E-state index in [1.165, 1.54) is 6.07 Å². The molecule has 6 rings (SSSR count). The molecule has 9 heteroatoms. The summed E-state index contributed by atoms with van der Waals surface area (Å²) in [5, 5.41) is 22.0. The number of pyridine rings is 2. The molecule has 2 N–H and O–H groups in total. The van der Waals surface area contributed by atoms with Crippen molar-refractivity contribution in [1.29, 1.82) is 0 Å². The number of carbonyl (C=O) groups excluding carboxylic acids is 1. The molecule has 1 aliphatic carbocycles. The van der Waals surface area contributed by atoms with Crippen LogP contribution in [0.3, 0.4) is 0 Å². The number of aliphatic hydroxyl groups is 2. The Bertz CT molecular complexity index is 1580. The number of esters is 1. The number of aryl methyl sites for hydroxylation is 1. The average Bonchev–Trinajstić information content (AvgIpc) is 3.27. The Labute approximate surface area is 219 Å². The molecule has 0 unspecified atom stereocenters. The van der Waals surface area contributed by atoms with E-state index >= 15 is 4.39 Å². The lowest BCUT2D eigenvalue weighted by Crippen LogP contribution is -2.44. The monoisotopic (exact) mass is 521 g/mol. The molecule has 4 heterocycles. The van der Waals surface area contributed by atoms with Gasteiger partial charge >= 0.3 is 5.97 Å². The molecule has 0 spiro atoms. The van der Waals surface area contributed by atoms with Gasteiger partial charge in [-0.2, -0.15) is 0 Å². The zero-order valence-corrected chi connectivity index (χ0v) is 22.1. The number of benzene rings is 1. The highest BCUT2D eigenvalue weighted by atomic mass is 19.1. The first-order valence-electron chi connectivity index (χ1n) is 13.2. The van der Waals surface area contributed by atoms with E-state index in [1.807, 2.05) is 14.1 Å². The molecule has 2 aliphatic heterocycles. The van der Waals surface area contributed by atoms with Gasteiger partial charge in [0.15, 0.2) is 5.60 Å². The van der Waals surface area contributed by atoms with E-state index in [-0.39, 0.29) is 54.1 Å². The lowest BCUT2D eigenvalue weighted by atomic mass is 9.74. The van der Waals surface area contributed by atoms with E-state index in [4.69, 9.17) is 9.72 Å². The van der Waals surface area contributed by atoms with Gasteiger partial charge in [0.2, 0.25) is 0 Å². The minimum Gasteiger partial charge on any atom is -0.458 e. The fourth-order valence-electron chi connectivity index (χ4n) is 6.93. The molecule has 38 heavy (non-hydrogen) atoms. The maximum absolute atomic E-state index is 15.1. The molecule has 0 amide bonds. The first-order chi connectivity index (χ1) is 18.1. The fraction of sp³-hybridized carbons (Fsp3) is 0.483. The molecule has 3 aliphatic rings. The van der Waals surface area contributed by atoms with Crippen molar-refractivity contribution in [2.45, 2.75) is 70.2 Å². The van der Waals surface area contributed by atoms with Crippen LogP contribution in [0.15, 0.2) is 16.9 Å². The minimum atomic E-state index is -1.91. The van der Waals surface area contributed by atoms with Crippen LogP contribution in [-0.2, 0) is 34.7 Å². The number of likely N-dealkylation sites (N-methyl/N-ethyl adjacent to an activating group) is 1. The van der Waals surface area contributed by atoms with Crippen LogP contribution in [0.4, 0.5) is 4.39 Å². The second-order valence-corrected chi connectivity index (χ2v) is 11.0. The largest absolute Gasteiger partial charge is 0.458 e. The Morgan fingerprint density at radius 2 is 2.03 bits per heavy atom. The molecule has 2 aromatic heterocycles. The quantitative estimate of drug-likeness (QED) is 0.389. The number of aromatic nitrogens is 2. The Morgan fingerprint density at radius 3 is 2.71 bits per heavy atom. The van der Waals surface area contributed by atoms with Gasteiger partial charge in [-0.1, -0.05) is 6.92 Å². The van der Waals surface area contributed by atoms with Crippen molar-refractivity contribution in [3.05, 3.63) is 61.7 Å². The summed E-state index contributed by atoms with van der Waals surface area (Å²) in [6.45, 7) is 3.62. The van der Waals surface area contributed by atoms with Crippen LogP contribution in [0.1, 0.15) is 65.5 Å². The van der Waals surface area contributed by atoms with Crippen LogP contribution in [0.5, 0.6) is 0 Å². The van der Waals surface area contributed by atoms with Crippen molar-refractivity contribution in [2.24, 2.45) is 0 Å². The zero-order chi connectivity index (χ0) is 27.1. The van der Waals surface area contributed by atoms with Crippen molar-refractivity contribution in [3.8, 4) is 11.4 Å². The molecule has 0 saturated carbocycles. The molecule has 1 aromatic carbocycles. The third-order valence-corrected chi connectivity index (χ3v) is 8.98. The Balaban J connectivity index is 1.67. The van der Waals surface area contributed by atoms with Crippen molar-refractivity contribution >= 4 is 16.9 Å². The highest BCUT2D eigenvalue weighted by Gasteiger charge is 2.46. The summed E-state index contributed by atoms with van der Waals surface area (Å²) >= 11 is 0. The number of rotatable bonds is 5. The van der Waals surface area contributed by atoms with E-state index in [0.717, 1.165) is 28.5 Å². The van der Waals surface area contributed by atoms with Crippen LogP contribution in [0, 0.1) is 12.7 Å². The molecule has 8 nitrogen and oxygen atoms in total. The number of cyclic esters (lactones) is 1. The van der Waals surface area contributed by atoms with Crippen molar-refractivity contribution in [3.63, 3.8) is 0 Å². The van der Waals surface area contributed by atoms with Gasteiger partial charge in [-0.05, 0) is 69.5 Å². The van der Waals surface area contributed by atoms with Gasteiger partial charge in [-0.25, -0.2) is 14.2 Å². The van der Waals surface area contributed by atoms with Gasteiger partial charge in [-0.15, -0.1) is 0 Å². The number of aliphatic hydroxyl groups excluding tert-OH is 1. The number of nitrogens with zero attached hydrogens (tertiary/aromatic N) is 3. The number of ether oxygens (including phenoxy) is 1. The summed E-state index contributed by atoms with van der Waals surface area (Å²) in [5.41, 5.74) is 3.46. The van der Waals surface area contributed by atoms with Gasteiger partial charge in [-0.3, -0.25) is 4.79 Å². The standard InChI is InChI=1S/C29H32FN3O5/c1-5-29(37)19-10-23-26-17(12-33(23)27(35)18(19)13-38-28(29)36)24-16(22(8-9-34)32(3)4)7-6-15-14(2)20(30)11-21(31-26)25(15)24/h10-11,16,22,34,37H,5-9,12-13H2,1-4H3/t16-,22-,29+/m1/s1. The van der Waals surface area contributed by atoms with Crippen LogP contribution in [0.2, 0.25) is 0 Å². The van der Waals surface area contributed by atoms with Crippen LogP contribution in [0.25, 0.3) is 22.3 Å². The Hall–Kier alpha value is -3.14. The lowest BCUT2D eigenvalue weighted by Gasteiger charge is -2.37. The number of hydrogen-bond acceptors (Lipinski definition) is 7. The summed E-state index contributed by atoms with van der Waals surface area (Å²) < 4.78 is 21.9. The number of halogens is 1. The third kappa shape index (κ3) is 3.28. The highest BCUT2D eigenvalue weighted by molar-refractivity contribution is 5.93. The maximum Gasteiger partial charge on any atom is 0.343 e. The number of carbonyl (C=O) groups is 1. The normalized spacial score (nSPS) is 22.3. The molecule has 0 radical (unpaired) electrons. The summed E-state index contributed by atoms with van der Waals surface area (Å²) in [6, 6.07) is 3.20. The predicted octanol–water partition coefficient (Wildman–Crippen LogP) is 2.87. The first-order valence-corrected chi connectivity index (χ1v) is 13.2. The summed E-state index contributed by atoms with van der Waals surface area (Å²) in [7, 11) is 4.00. The fourth-order valence-corrected chi connectivity index (χ4v) is 6.93. The van der Waals surface area contributed by atoms with E-state index < -0.39 is 11.6 Å². The SMILES string of the molecule is CC[C@@]1(O)C(=O)OCc2c1cc1n(c2=O)Cc2c-1nc1cc(F)c(C)c3c1c2[C@@H]([C@@H](CCO)N(C)C)CC3. The summed E-state index contributed by atoms with van der Waals surface area (Å²) in [5.74, 6) is -1.03. The zero-order valence-electron chi connectivity index (χ0n) is 22.1. The summed E-state index contributed by atoms with van der Waals surface area (Å²) in [4.78, 5) is 33.3. The van der Waals surface area contributed by atoms with Gasteiger partial charge in [0.25, 0.3) is 5.56 Å². The third-order valence-electron chi connectivity index (χ3n) is 8.98. The van der Waals surface area contributed by atoms with E-state index in [2.05, 4.69) is 4.90 Å². The number of fused-ring (bicyclic) bond motifs is 5. The Morgan fingerprint density at radius 1 is 1.26 bits per heavy atom. The predicted molar refractivity (Wildman–Crippen MR) is 139 cm³/mol. The molecule has 3 atom stereocenters. The van der Waals surface area contributed by atoms with Crippen molar-refractivity contribution < 1.29 is 24.1 Å².